The molecular formula is C19H18BrNO5. The fraction of sp³-hybridized carbons (Fsp3) is 0.211. The molecule has 0 radical (unpaired) electrons. The van der Waals surface area contributed by atoms with Gasteiger partial charge in [0.15, 0.2) is 17.3 Å². The van der Waals surface area contributed by atoms with Crippen LogP contribution in [-0.2, 0) is 6.61 Å². The summed E-state index contributed by atoms with van der Waals surface area (Å²) < 4.78 is 22.6. The lowest BCUT2D eigenvalue weighted by Crippen LogP contribution is -1.96. The number of methoxy groups -OCH3 is 3. The third-order valence-corrected chi connectivity index (χ3v) is 4.49. The molecule has 7 heteroatoms. The van der Waals surface area contributed by atoms with Crippen molar-refractivity contribution in [1.29, 1.82) is 0 Å². The molecule has 6 nitrogen and oxygen atoms in total. The van der Waals surface area contributed by atoms with Gasteiger partial charge in [-0.3, -0.25) is 0 Å². The number of aliphatic hydroxyl groups excluding tert-OH is 1. The molecule has 0 saturated heterocycles. The quantitative estimate of drug-likeness (QED) is 0.642. The molecule has 26 heavy (non-hydrogen) atoms. The molecule has 2 aromatic carbocycles. The van der Waals surface area contributed by atoms with Crippen LogP contribution in [0.2, 0.25) is 0 Å². The van der Waals surface area contributed by atoms with Gasteiger partial charge in [0.05, 0.1) is 39.1 Å². The Kier molecular flexibility index (Phi) is 5.49. The van der Waals surface area contributed by atoms with Crippen molar-refractivity contribution >= 4 is 15.9 Å². The molecule has 0 aliphatic rings. The van der Waals surface area contributed by atoms with Crippen molar-refractivity contribution in [3.05, 3.63) is 46.4 Å². The number of hydrogen-bond acceptors (Lipinski definition) is 6. The highest BCUT2D eigenvalue weighted by Gasteiger charge is 2.23. The van der Waals surface area contributed by atoms with E-state index in [1.807, 2.05) is 24.3 Å². The second-order valence-electron chi connectivity index (χ2n) is 5.41. The first-order valence-electron chi connectivity index (χ1n) is 7.78. The van der Waals surface area contributed by atoms with Gasteiger partial charge in [0.25, 0.3) is 0 Å². The predicted octanol–water partition coefficient (Wildman–Crippen LogP) is 4.29. The molecule has 0 saturated carbocycles. The maximum absolute atomic E-state index is 9.96. The minimum absolute atomic E-state index is 0.238. The Balaban J connectivity index is 2.19. The molecule has 0 bridgehead atoms. The average Bonchev–Trinajstić information content (AvgIpc) is 3.10. The maximum atomic E-state index is 9.96. The van der Waals surface area contributed by atoms with Crippen LogP contribution in [0.3, 0.4) is 0 Å². The van der Waals surface area contributed by atoms with Crippen LogP contribution in [-0.4, -0.2) is 31.6 Å². The SMILES string of the molecule is COc1cc(OC)c(-c2onc(-c3cccc(Br)c3)c2CO)cc1OC. The van der Waals surface area contributed by atoms with E-state index in [0.29, 0.717) is 39.8 Å². The molecule has 0 spiro atoms. The summed E-state index contributed by atoms with van der Waals surface area (Å²) >= 11 is 3.44. The monoisotopic (exact) mass is 419 g/mol. The van der Waals surface area contributed by atoms with Gasteiger partial charge in [-0.25, -0.2) is 0 Å². The fourth-order valence-corrected chi connectivity index (χ4v) is 3.14. The van der Waals surface area contributed by atoms with Gasteiger partial charge >= 0.3 is 0 Å². The van der Waals surface area contributed by atoms with Gasteiger partial charge < -0.3 is 23.8 Å². The van der Waals surface area contributed by atoms with Gasteiger partial charge in [0, 0.05) is 16.1 Å². The Morgan fingerprint density at radius 2 is 1.69 bits per heavy atom. The van der Waals surface area contributed by atoms with E-state index in [1.54, 1.807) is 33.5 Å². The molecule has 136 valence electrons. The van der Waals surface area contributed by atoms with E-state index in [2.05, 4.69) is 21.1 Å². The van der Waals surface area contributed by atoms with Crippen LogP contribution >= 0.6 is 15.9 Å². The zero-order valence-electron chi connectivity index (χ0n) is 14.6. The predicted molar refractivity (Wildman–Crippen MR) is 101 cm³/mol. The van der Waals surface area contributed by atoms with Crippen molar-refractivity contribution in [2.45, 2.75) is 6.61 Å². The van der Waals surface area contributed by atoms with E-state index >= 15 is 0 Å². The molecule has 1 aromatic heterocycles. The third kappa shape index (κ3) is 3.27. The molecule has 0 unspecified atom stereocenters. The summed E-state index contributed by atoms with van der Waals surface area (Å²) in [6.07, 6.45) is 0. The van der Waals surface area contributed by atoms with E-state index in [4.69, 9.17) is 18.7 Å². The summed E-state index contributed by atoms with van der Waals surface area (Å²) in [5, 5.41) is 14.1. The molecule has 0 aliphatic heterocycles. The number of nitrogens with zero attached hydrogens (tertiary/aromatic N) is 1. The maximum Gasteiger partial charge on any atom is 0.176 e. The molecule has 0 atom stereocenters. The summed E-state index contributed by atoms with van der Waals surface area (Å²) in [6, 6.07) is 11.1. The third-order valence-electron chi connectivity index (χ3n) is 3.99. The topological polar surface area (TPSA) is 74.0 Å². The second kappa shape index (κ2) is 7.80. The van der Waals surface area contributed by atoms with Gasteiger partial charge in [0.2, 0.25) is 0 Å². The van der Waals surface area contributed by atoms with E-state index in [0.717, 1.165) is 10.0 Å². The summed E-state index contributed by atoms with van der Waals surface area (Å²) in [6.45, 7) is -0.238. The number of aromatic nitrogens is 1. The molecule has 1 heterocycles. The number of hydrogen-bond donors (Lipinski definition) is 1. The highest BCUT2D eigenvalue weighted by Crippen LogP contribution is 2.43. The van der Waals surface area contributed by atoms with Crippen LogP contribution < -0.4 is 14.2 Å². The number of aliphatic hydroxyl groups is 1. The fourth-order valence-electron chi connectivity index (χ4n) is 2.74. The summed E-state index contributed by atoms with van der Waals surface area (Å²) in [5.41, 5.74) is 2.58. The lowest BCUT2D eigenvalue weighted by molar-refractivity contribution is 0.281. The Bertz CT molecular complexity index is 922. The molecule has 1 N–H and O–H groups in total. The Hall–Kier alpha value is -2.51. The van der Waals surface area contributed by atoms with E-state index in [9.17, 15) is 5.11 Å². The van der Waals surface area contributed by atoms with Gasteiger partial charge in [0.1, 0.15) is 11.4 Å². The standard InChI is InChI=1S/C19H18BrNO5/c1-23-15-9-17(25-3)16(24-2)8-13(15)19-14(10-22)18(21-26-19)11-5-4-6-12(20)7-11/h4-9,22H,10H2,1-3H3. The Morgan fingerprint density at radius 1 is 1.00 bits per heavy atom. The van der Waals surface area contributed by atoms with Crippen molar-refractivity contribution in [1.82, 2.24) is 5.16 Å². The molecule has 3 rings (SSSR count). The van der Waals surface area contributed by atoms with Gasteiger partial charge in [-0.2, -0.15) is 0 Å². The highest BCUT2D eigenvalue weighted by molar-refractivity contribution is 9.10. The van der Waals surface area contributed by atoms with Crippen molar-refractivity contribution in [2.24, 2.45) is 0 Å². The minimum atomic E-state index is -0.238. The Labute approximate surface area is 159 Å². The van der Waals surface area contributed by atoms with Crippen molar-refractivity contribution in [3.63, 3.8) is 0 Å². The van der Waals surface area contributed by atoms with E-state index < -0.39 is 0 Å². The normalized spacial score (nSPS) is 10.7. The first kappa shape index (κ1) is 18.3. The second-order valence-corrected chi connectivity index (χ2v) is 6.33. The molecule has 0 amide bonds. The molecule has 0 aliphatic carbocycles. The number of halogens is 1. The van der Waals surface area contributed by atoms with Gasteiger partial charge in [-0.05, 0) is 18.2 Å². The first-order chi connectivity index (χ1) is 12.6. The lowest BCUT2D eigenvalue weighted by atomic mass is 10.0. The molecular weight excluding hydrogens is 402 g/mol. The summed E-state index contributed by atoms with van der Waals surface area (Å²) in [5.74, 6) is 1.99. The zero-order chi connectivity index (χ0) is 18.7. The molecule has 0 fully saturated rings. The van der Waals surface area contributed by atoms with Crippen molar-refractivity contribution < 1.29 is 23.8 Å². The van der Waals surface area contributed by atoms with Crippen LogP contribution in [0, 0.1) is 0 Å². The smallest absolute Gasteiger partial charge is 0.176 e. The van der Waals surface area contributed by atoms with Crippen LogP contribution in [0.25, 0.3) is 22.6 Å². The number of rotatable bonds is 6. The lowest BCUT2D eigenvalue weighted by Gasteiger charge is -2.13. The summed E-state index contributed by atoms with van der Waals surface area (Å²) in [7, 11) is 4.65. The summed E-state index contributed by atoms with van der Waals surface area (Å²) in [4.78, 5) is 0. The van der Waals surface area contributed by atoms with Crippen molar-refractivity contribution in [2.75, 3.05) is 21.3 Å². The van der Waals surface area contributed by atoms with E-state index in [-0.39, 0.29) is 6.61 Å². The minimum Gasteiger partial charge on any atom is -0.496 e. The van der Waals surface area contributed by atoms with Crippen LogP contribution in [0.1, 0.15) is 5.56 Å². The Morgan fingerprint density at radius 3 is 2.31 bits per heavy atom. The zero-order valence-corrected chi connectivity index (χ0v) is 16.2. The highest BCUT2D eigenvalue weighted by atomic mass is 79.9. The number of benzene rings is 2. The van der Waals surface area contributed by atoms with Gasteiger partial charge in [-0.1, -0.05) is 33.2 Å². The molecule has 3 aromatic rings. The average molecular weight is 420 g/mol. The van der Waals surface area contributed by atoms with Crippen molar-refractivity contribution in [3.8, 4) is 39.8 Å². The first-order valence-corrected chi connectivity index (χ1v) is 8.58. The van der Waals surface area contributed by atoms with Gasteiger partial charge in [-0.15, -0.1) is 0 Å². The largest absolute Gasteiger partial charge is 0.496 e. The van der Waals surface area contributed by atoms with Crippen LogP contribution in [0.15, 0.2) is 45.4 Å². The van der Waals surface area contributed by atoms with Crippen LogP contribution in [0.5, 0.6) is 17.2 Å². The van der Waals surface area contributed by atoms with E-state index in [1.165, 1.54) is 0 Å². The number of ether oxygens (including phenoxy) is 3. The van der Waals surface area contributed by atoms with Crippen LogP contribution in [0.4, 0.5) is 0 Å².